The molecule has 0 fully saturated rings. The van der Waals surface area contributed by atoms with E-state index in [1.165, 1.54) is 12.1 Å². The molecule has 0 atom stereocenters. The van der Waals surface area contributed by atoms with Crippen LogP contribution in [0.3, 0.4) is 0 Å². The Morgan fingerprint density at radius 2 is 2.00 bits per heavy atom. The van der Waals surface area contributed by atoms with E-state index in [1.807, 2.05) is 24.3 Å². The Hall–Kier alpha value is -1.68. The van der Waals surface area contributed by atoms with Crippen molar-refractivity contribution >= 4 is 21.8 Å². The molecular formula is C16H15BrFNO. The van der Waals surface area contributed by atoms with E-state index in [0.29, 0.717) is 12.1 Å². The summed E-state index contributed by atoms with van der Waals surface area (Å²) in [5, 5.41) is 0. The molecule has 0 heterocycles. The van der Waals surface area contributed by atoms with Crippen molar-refractivity contribution in [2.45, 2.75) is 13.5 Å². The molecule has 0 saturated carbocycles. The zero-order valence-corrected chi connectivity index (χ0v) is 12.9. The summed E-state index contributed by atoms with van der Waals surface area (Å²) in [4.78, 5) is 13.9. The van der Waals surface area contributed by atoms with Crippen molar-refractivity contribution in [3.8, 4) is 0 Å². The first-order chi connectivity index (χ1) is 9.45. The molecule has 0 aromatic heterocycles. The molecular weight excluding hydrogens is 321 g/mol. The summed E-state index contributed by atoms with van der Waals surface area (Å²) in [5.74, 6) is -0.572. The van der Waals surface area contributed by atoms with E-state index in [2.05, 4.69) is 15.9 Å². The fraction of sp³-hybridized carbons (Fsp3) is 0.188. The molecule has 2 aromatic rings. The number of aryl methyl sites for hydroxylation is 1. The average molecular weight is 336 g/mol. The largest absolute Gasteiger partial charge is 0.337 e. The molecule has 1 amide bonds. The van der Waals surface area contributed by atoms with Gasteiger partial charge in [-0.05, 0) is 48.4 Å². The minimum absolute atomic E-state index is 0.187. The fourth-order valence-electron chi connectivity index (χ4n) is 2.06. The molecule has 0 saturated heterocycles. The number of hydrogen-bond acceptors (Lipinski definition) is 1. The maximum Gasteiger partial charge on any atom is 0.254 e. The molecule has 0 aliphatic carbocycles. The topological polar surface area (TPSA) is 20.3 Å². The van der Waals surface area contributed by atoms with Crippen LogP contribution in [0.1, 0.15) is 21.5 Å². The van der Waals surface area contributed by atoms with Crippen LogP contribution in [0.2, 0.25) is 0 Å². The van der Waals surface area contributed by atoms with Crippen LogP contribution in [0, 0.1) is 12.7 Å². The predicted molar refractivity (Wildman–Crippen MR) is 81.1 cm³/mol. The minimum Gasteiger partial charge on any atom is -0.337 e. The Morgan fingerprint density at radius 3 is 2.65 bits per heavy atom. The van der Waals surface area contributed by atoms with Crippen LogP contribution < -0.4 is 0 Å². The van der Waals surface area contributed by atoms with Gasteiger partial charge in [0.25, 0.3) is 5.91 Å². The average Bonchev–Trinajstić information content (AvgIpc) is 2.36. The second kappa shape index (κ2) is 6.18. The molecule has 0 N–H and O–H groups in total. The Labute approximate surface area is 126 Å². The lowest BCUT2D eigenvalue weighted by Gasteiger charge is -2.18. The van der Waals surface area contributed by atoms with Crippen molar-refractivity contribution in [2.75, 3.05) is 7.05 Å². The molecule has 0 radical (unpaired) electrons. The van der Waals surface area contributed by atoms with Gasteiger partial charge in [0.1, 0.15) is 5.82 Å². The third-order valence-corrected chi connectivity index (χ3v) is 3.44. The fourth-order valence-corrected chi connectivity index (χ4v) is 2.51. The van der Waals surface area contributed by atoms with Crippen LogP contribution in [-0.2, 0) is 6.54 Å². The van der Waals surface area contributed by atoms with Crippen molar-refractivity contribution in [1.29, 1.82) is 0 Å². The summed E-state index contributed by atoms with van der Waals surface area (Å²) in [7, 11) is 1.71. The third kappa shape index (κ3) is 3.67. The Bertz CT molecular complexity index is 622. The summed E-state index contributed by atoms with van der Waals surface area (Å²) in [6, 6.07) is 12.1. The standard InChI is InChI=1S/C16H15BrFNO/c1-11-6-13(9-15(18)7-11)16(20)19(2)10-12-4-3-5-14(17)8-12/h3-9H,10H2,1-2H3. The highest BCUT2D eigenvalue weighted by Gasteiger charge is 2.13. The number of hydrogen-bond donors (Lipinski definition) is 0. The first-order valence-corrected chi connectivity index (χ1v) is 7.02. The summed E-state index contributed by atoms with van der Waals surface area (Å²) in [6.07, 6.45) is 0. The van der Waals surface area contributed by atoms with E-state index in [-0.39, 0.29) is 11.7 Å². The number of rotatable bonds is 3. The molecule has 0 spiro atoms. The van der Waals surface area contributed by atoms with Crippen LogP contribution in [0.4, 0.5) is 4.39 Å². The smallest absolute Gasteiger partial charge is 0.254 e. The Balaban J connectivity index is 2.16. The number of carbonyl (C=O) groups excluding carboxylic acids is 1. The summed E-state index contributed by atoms with van der Waals surface area (Å²) in [5.41, 5.74) is 2.13. The second-order valence-electron chi connectivity index (χ2n) is 4.81. The van der Waals surface area contributed by atoms with Gasteiger partial charge in [-0.25, -0.2) is 4.39 Å². The lowest BCUT2D eigenvalue weighted by molar-refractivity contribution is 0.0784. The highest BCUT2D eigenvalue weighted by Crippen LogP contribution is 2.15. The van der Waals surface area contributed by atoms with E-state index in [9.17, 15) is 9.18 Å². The van der Waals surface area contributed by atoms with Crippen LogP contribution in [0.15, 0.2) is 46.9 Å². The van der Waals surface area contributed by atoms with Gasteiger partial charge >= 0.3 is 0 Å². The van der Waals surface area contributed by atoms with E-state index in [0.717, 1.165) is 15.6 Å². The minimum atomic E-state index is -0.385. The van der Waals surface area contributed by atoms with Gasteiger partial charge in [-0.3, -0.25) is 4.79 Å². The van der Waals surface area contributed by atoms with Crippen molar-refractivity contribution in [2.24, 2.45) is 0 Å². The number of halogens is 2. The highest BCUT2D eigenvalue weighted by atomic mass is 79.9. The summed E-state index contributed by atoms with van der Waals surface area (Å²) >= 11 is 3.40. The molecule has 2 aromatic carbocycles. The van der Waals surface area contributed by atoms with Gasteiger partial charge in [0.05, 0.1) is 0 Å². The van der Waals surface area contributed by atoms with Gasteiger partial charge < -0.3 is 4.90 Å². The molecule has 0 aliphatic heterocycles. The van der Waals surface area contributed by atoms with E-state index >= 15 is 0 Å². The number of amides is 1. The molecule has 0 bridgehead atoms. The first-order valence-electron chi connectivity index (χ1n) is 6.23. The van der Waals surface area contributed by atoms with E-state index < -0.39 is 0 Å². The van der Waals surface area contributed by atoms with Crippen LogP contribution >= 0.6 is 15.9 Å². The Kier molecular flexibility index (Phi) is 4.55. The zero-order chi connectivity index (χ0) is 14.7. The van der Waals surface area contributed by atoms with E-state index in [1.54, 1.807) is 24.9 Å². The van der Waals surface area contributed by atoms with Gasteiger partial charge in [-0.1, -0.05) is 28.1 Å². The van der Waals surface area contributed by atoms with Crippen LogP contribution in [-0.4, -0.2) is 17.9 Å². The number of nitrogens with zero attached hydrogens (tertiary/aromatic N) is 1. The number of benzene rings is 2. The van der Waals surface area contributed by atoms with E-state index in [4.69, 9.17) is 0 Å². The predicted octanol–water partition coefficient (Wildman–Crippen LogP) is 4.17. The lowest BCUT2D eigenvalue weighted by Crippen LogP contribution is -2.26. The molecule has 0 unspecified atom stereocenters. The highest BCUT2D eigenvalue weighted by molar-refractivity contribution is 9.10. The van der Waals surface area contributed by atoms with Gasteiger partial charge in [-0.2, -0.15) is 0 Å². The lowest BCUT2D eigenvalue weighted by atomic mass is 10.1. The van der Waals surface area contributed by atoms with Gasteiger partial charge in [0.2, 0.25) is 0 Å². The molecule has 104 valence electrons. The maximum absolute atomic E-state index is 13.4. The van der Waals surface area contributed by atoms with Crippen molar-refractivity contribution in [1.82, 2.24) is 4.90 Å². The molecule has 0 aliphatic rings. The van der Waals surface area contributed by atoms with Crippen LogP contribution in [0.5, 0.6) is 0 Å². The second-order valence-corrected chi connectivity index (χ2v) is 5.72. The maximum atomic E-state index is 13.4. The van der Waals surface area contributed by atoms with Crippen molar-refractivity contribution < 1.29 is 9.18 Å². The van der Waals surface area contributed by atoms with Gasteiger partial charge in [0, 0.05) is 23.6 Å². The SMILES string of the molecule is Cc1cc(F)cc(C(=O)N(C)Cc2cccc(Br)c2)c1. The zero-order valence-electron chi connectivity index (χ0n) is 11.4. The summed E-state index contributed by atoms with van der Waals surface area (Å²) in [6.45, 7) is 2.25. The van der Waals surface area contributed by atoms with Crippen molar-refractivity contribution in [3.63, 3.8) is 0 Å². The van der Waals surface area contributed by atoms with Gasteiger partial charge in [-0.15, -0.1) is 0 Å². The van der Waals surface area contributed by atoms with Crippen molar-refractivity contribution in [3.05, 3.63) is 69.4 Å². The molecule has 4 heteroatoms. The normalized spacial score (nSPS) is 10.4. The molecule has 2 nitrogen and oxygen atoms in total. The molecule has 20 heavy (non-hydrogen) atoms. The monoisotopic (exact) mass is 335 g/mol. The quantitative estimate of drug-likeness (QED) is 0.824. The number of carbonyl (C=O) groups is 1. The Morgan fingerprint density at radius 1 is 1.25 bits per heavy atom. The molecule has 2 rings (SSSR count). The summed E-state index contributed by atoms with van der Waals surface area (Å²) < 4.78 is 14.3. The van der Waals surface area contributed by atoms with Crippen LogP contribution in [0.25, 0.3) is 0 Å². The first kappa shape index (κ1) is 14.7. The third-order valence-electron chi connectivity index (χ3n) is 2.94. The van der Waals surface area contributed by atoms with Gasteiger partial charge in [0.15, 0.2) is 0 Å².